The van der Waals surface area contributed by atoms with E-state index < -0.39 is 6.10 Å². The van der Waals surface area contributed by atoms with Gasteiger partial charge in [0.25, 0.3) is 0 Å². The van der Waals surface area contributed by atoms with Gasteiger partial charge in [-0.05, 0) is 18.5 Å². The largest absolute Gasteiger partial charge is 0.380 e. The van der Waals surface area contributed by atoms with Crippen LogP contribution in [-0.2, 0) is 6.54 Å². The van der Waals surface area contributed by atoms with Crippen molar-refractivity contribution in [3.8, 4) is 0 Å². The molecule has 0 saturated heterocycles. The van der Waals surface area contributed by atoms with Crippen LogP contribution in [0, 0.1) is 0 Å². The maximum absolute atomic E-state index is 10.0. The van der Waals surface area contributed by atoms with Crippen molar-refractivity contribution in [3.63, 3.8) is 0 Å². The Kier molecular flexibility index (Phi) is 2.99. The zero-order chi connectivity index (χ0) is 10.8. The number of halogens is 1. The van der Waals surface area contributed by atoms with E-state index in [0.29, 0.717) is 23.0 Å². The molecule has 0 spiro atoms. The molecule has 2 aromatic heterocycles. The van der Waals surface area contributed by atoms with E-state index in [0.717, 1.165) is 0 Å². The summed E-state index contributed by atoms with van der Waals surface area (Å²) < 4.78 is 5.34. The smallest absolute Gasteiger partial charge is 0.142 e. The number of hydrogen-bond donors (Lipinski definition) is 1. The lowest BCUT2D eigenvalue weighted by Gasteiger charge is -2.09. The van der Waals surface area contributed by atoms with Gasteiger partial charge >= 0.3 is 0 Å². The minimum atomic E-state index is -0.862. The molecule has 0 saturated carbocycles. The second-order valence-electron chi connectivity index (χ2n) is 2.93. The van der Waals surface area contributed by atoms with Crippen molar-refractivity contribution in [3.05, 3.63) is 28.0 Å². The van der Waals surface area contributed by atoms with E-state index in [1.54, 1.807) is 10.1 Å². The molecule has 0 amide bonds. The van der Waals surface area contributed by atoms with Crippen LogP contribution in [0.25, 0.3) is 0 Å². The highest BCUT2D eigenvalue weighted by Crippen LogP contribution is 2.27. The van der Waals surface area contributed by atoms with Crippen LogP contribution in [0.5, 0.6) is 0 Å². The highest BCUT2D eigenvalue weighted by atomic mass is 35.5. The van der Waals surface area contributed by atoms with Crippen LogP contribution in [0.4, 0.5) is 0 Å². The van der Waals surface area contributed by atoms with Gasteiger partial charge in [0.1, 0.15) is 11.8 Å². The Morgan fingerprint density at radius 1 is 1.67 bits per heavy atom. The van der Waals surface area contributed by atoms with Crippen LogP contribution in [0.3, 0.4) is 0 Å². The van der Waals surface area contributed by atoms with Gasteiger partial charge in [0, 0.05) is 11.9 Å². The minimum absolute atomic E-state index is 0.442. The van der Waals surface area contributed by atoms with Gasteiger partial charge in [-0.1, -0.05) is 16.1 Å². The van der Waals surface area contributed by atoms with Crippen LogP contribution in [0.1, 0.15) is 24.4 Å². The molecule has 2 rings (SSSR count). The fourth-order valence-electron chi connectivity index (χ4n) is 1.33. The number of aliphatic hydroxyl groups is 1. The second kappa shape index (κ2) is 4.26. The summed E-state index contributed by atoms with van der Waals surface area (Å²) in [5.74, 6) is 0. The fraction of sp³-hybridized carbons (Fsp3) is 0.375. The quantitative estimate of drug-likeness (QED) is 0.889. The van der Waals surface area contributed by atoms with Gasteiger partial charge in [0.05, 0.1) is 16.9 Å². The van der Waals surface area contributed by atoms with Crippen molar-refractivity contribution in [1.29, 1.82) is 0 Å². The Bertz CT molecular complexity index is 441. The van der Waals surface area contributed by atoms with Crippen molar-refractivity contribution < 1.29 is 5.11 Å². The van der Waals surface area contributed by atoms with Crippen LogP contribution in [-0.4, -0.2) is 24.5 Å². The van der Waals surface area contributed by atoms with E-state index in [2.05, 4.69) is 14.7 Å². The summed E-state index contributed by atoms with van der Waals surface area (Å²) >= 11 is 7.14. The molecule has 0 aliphatic heterocycles. The molecule has 1 unspecified atom stereocenters. The third-order valence-electron chi connectivity index (χ3n) is 2.05. The van der Waals surface area contributed by atoms with E-state index in [9.17, 15) is 5.11 Å². The summed E-state index contributed by atoms with van der Waals surface area (Å²) in [5.41, 5.74) is 1.06. The van der Waals surface area contributed by atoms with Crippen molar-refractivity contribution >= 4 is 23.1 Å². The molecule has 0 aliphatic carbocycles. The molecule has 0 bridgehead atoms. The molecule has 2 aromatic rings. The monoisotopic (exact) mass is 244 g/mol. The number of rotatable bonds is 3. The zero-order valence-electron chi connectivity index (χ0n) is 7.96. The fourth-order valence-corrected chi connectivity index (χ4v) is 2.04. The number of hydrogen-bond acceptors (Lipinski definition) is 5. The van der Waals surface area contributed by atoms with Gasteiger partial charge in [-0.2, -0.15) is 5.10 Å². The van der Waals surface area contributed by atoms with E-state index in [-0.39, 0.29) is 0 Å². The van der Waals surface area contributed by atoms with Crippen LogP contribution < -0.4 is 0 Å². The standard InChI is InChI=1S/C8H9ClN4OS/c1-2-13-7(5(9)3-10-13)8(14)6-4-15-12-11-6/h3-4,8,14H,2H2,1H3. The number of aryl methyl sites for hydroxylation is 1. The molecular formula is C8H9ClN4OS. The predicted octanol–water partition coefficient (Wildman–Crippen LogP) is 1.49. The van der Waals surface area contributed by atoms with Gasteiger partial charge in [-0.25, -0.2) is 0 Å². The number of nitrogens with zero attached hydrogens (tertiary/aromatic N) is 4. The third-order valence-corrected chi connectivity index (χ3v) is 2.86. The summed E-state index contributed by atoms with van der Waals surface area (Å²) in [6, 6.07) is 0. The molecule has 15 heavy (non-hydrogen) atoms. The summed E-state index contributed by atoms with van der Waals surface area (Å²) in [5, 5.41) is 20.0. The molecular weight excluding hydrogens is 236 g/mol. The summed E-state index contributed by atoms with van der Waals surface area (Å²) in [7, 11) is 0. The zero-order valence-corrected chi connectivity index (χ0v) is 9.53. The molecule has 0 aliphatic rings. The molecule has 5 nitrogen and oxygen atoms in total. The second-order valence-corrected chi connectivity index (χ2v) is 3.94. The minimum Gasteiger partial charge on any atom is -0.380 e. The average molecular weight is 245 g/mol. The first kappa shape index (κ1) is 10.5. The molecule has 1 atom stereocenters. The lowest BCUT2D eigenvalue weighted by atomic mass is 10.2. The van der Waals surface area contributed by atoms with Gasteiger partial charge < -0.3 is 5.11 Å². The molecule has 0 radical (unpaired) electrons. The lowest BCUT2D eigenvalue weighted by Crippen LogP contribution is -2.09. The summed E-state index contributed by atoms with van der Waals surface area (Å²) in [6.45, 7) is 2.58. The van der Waals surface area contributed by atoms with Crippen molar-refractivity contribution in [2.75, 3.05) is 0 Å². The molecule has 2 heterocycles. The molecule has 0 fully saturated rings. The van der Waals surface area contributed by atoms with Crippen molar-refractivity contribution in [2.24, 2.45) is 0 Å². The Balaban J connectivity index is 2.40. The van der Waals surface area contributed by atoms with Gasteiger partial charge in [-0.3, -0.25) is 4.68 Å². The molecule has 0 aromatic carbocycles. The molecule has 1 N–H and O–H groups in total. The van der Waals surface area contributed by atoms with Crippen molar-refractivity contribution in [1.82, 2.24) is 19.4 Å². The first-order valence-electron chi connectivity index (χ1n) is 4.40. The number of aromatic nitrogens is 4. The number of aliphatic hydroxyl groups excluding tert-OH is 1. The first-order chi connectivity index (χ1) is 7.24. The highest BCUT2D eigenvalue weighted by molar-refractivity contribution is 7.03. The maximum atomic E-state index is 10.0. The van der Waals surface area contributed by atoms with Gasteiger partial charge in [-0.15, -0.1) is 5.10 Å². The van der Waals surface area contributed by atoms with Crippen LogP contribution in [0.2, 0.25) is 5.02 Å². The van der Waals surface area contributed by atoms with Crippen molar-refractivity contribution in [2.45, 2.75) is 19.6 Å². The van der Waals surface area contributed by atoms with E-state index in [1.165, 1.54) is 17.7 Å². The SMILES string of the molecule is CCn1ncc(Cl)c1C(O)c1csnn1. The Hall–Kier alpha value is -0.980. The van der Waals surface area contributed by atoms with Gasteiger partial charge in [0.15, 0.2) is 0 Å². The van der Waals surface area contributed by atoms with E-state index >= 15 is 0 Å². The lowest BCUT2D eigenvalue weighted by molar-refractivity contribution is 0.203. The highest BCUT2D eigenvalue weighted by Gasteiger charge is 2.21. The topological polar surface area (TPSA) is 63.8 Å². The summed E-state index contributed by atoms with van der Waals surface area (Å²) in [4.78, 5) is 0. The summed E-state index contributed by atoms with van der Waals surface area (Å²) in [6.07, 6.45) is 0.655. The van der Waals surface area contributed by atoms with Gasteiger partial charge in [0.2, 0.25) is 0 Å². The third kappa shape index (κ3) is 1.88. The Morgan fingerprint density at radius 2 is 2.47 bits per heavy atom. The van der Waals surface area contributed by atoms with Crippen LogP contribution >= 0.6 is 23.1 Å². The first-order valence-corrected chi connectivity index (χ1v) is 5.61. The van der Waals surface area contributed by atoms with Crippen LogP contribution in [0.15, 0.2) is 11.6 Å². The van der Waals surface area contributed by atoms with E-state index in [4.69, 9.17) is 11.6 Å². The molecule has 7 heteroatoms. The molecule has 80 valence electrons. The Labute approximate surface area is 95.5 Å². The average Bonchev–Trinajstić information content (AvgIpc) is 2.85. The van der Waals surface area contributed by atoms with E-state index in [1.807, 2.05) is 6.92 Å². The Morgan fingerprint density at radius 3 is 3.07 bits per heavy atom. The maximum Gasteiger partial charge on any atom is 0.142 e. The predicted molar refractivity (Wildman–Crippen MR) is 56.9 cm³/mol. The normalized spacial score (nSPS) is 13.0.